The molecule has 0 bridgehead atoms. The first kappa shape index (κ1) is 19.5. The van der Waals surface area contributed by atoms with Gasteiger partial charge in [0.2, 0.25) is 11.8 Å². The van der Waals surface area contributed by atoms with Gasteiger partial charge in [0.1, 0.15) is 16.9 Å². The number of rotatable bonds is 6. The average Bonchev–Trinajstić information content (AvgIpc) is 3.10. The molecular weight excluding hydrogens is 380 g/mol. The van der Waals surface area contributed by atoms with E-state index in [-0.39, 0.29) is 18.2 Å². The van der Waals surface area contributed by atoms with E-state index in [1.807, 2.05) is 60.7 Å². The van der Waals surface area contributed by atoms with Crippen molar-refractivity contribution in [3.63, 3.8) is 0 Å². The van der Waals surface area contributed by atoms with E-state index in [0.29, 0.717) is 17.0 Å². The van der Waals surface area contributed by atoms with Gasteiger partial charge in [0, 0.05) is 23.8 Å². The zero-order chi connectivity index (χ0) is 21.1. The van der Waals surface area contributed by atoms with E-state index >= 15 is 0 Å². The molecule has 152 valence electrons. The maximum absolute atomic E-state index is 12.8. The van der Waals surface area contributed by atoms with Crippen molar-refractivity contribution in [3.05, 3.63) is 72.3 Å². The quantitative estimate of drug-likeness (QED) is 0.485. The molecule has 1 atom stereocenters. The first-order valence-electron chi connectivity index (χ1n) is 9.66. The summed E-state index contributed by atoms with van der Waals surface area (Å²) in [7, 11) is 1.56. The molecule has 4 rings (SSSR count). The molecule has 4 aromatic rings. The lowest BCUT2D eigenvalue weighted by Gasteiger charge is -2.18. The van der Waals surface area contributed by atoms with Crippen LogP contribution in [0.2, 0.25) is 0 Å². The number of methoxy groups -OCH3 is 1. The molecule has 1 aromatic heterocycles. The molecule has 0 spiro atoms. The summed E-state index contributed by atoms with van der Waals surface area (Å²) in [5, 5.41) is 7.64. The zero-order valence-electron chi connectivity index (χ0n) is 16.8. The maximum atomic E-state index is 12.8. The molecule has 3 aromatic carbocycles. The second-order valence-electron chi connectivity index (χ2n) is 7.06. The number of fused-ring (bicyclic) bond motifs is 3. The van der Waals surface area contributed by atoms with Crippen molar-refractivity contribution in [1.29, 1.82) is 0 Å². The lowest BCUT2D eigenvalue weighted by atomic mass is 10.0. The molecule has 30 heavy (non-hydrogen) atoms. The van der Waals surface area contributed by atoms with Crippen LogP contribution in [0.1, 0.15) is 24.9 Å². The minimum Gasteiger partial charge on any atom is -0.495 e. The van der Waals surface area contributed by atoms with Crippen molar-refractivity contribution in [3.8, 4) is 5.75 Å². The molecular formula is C24H22N2O4. The van der Waals surface area contributed by atoms with Gasteiger partial charge in [0.05, 0.1) is 25.3 Å². The Morgan fingerprint density at radius 3 is 2.43 bits per heavy atom. The Labute approximate surface area is 173 Å². The molecule has 0 aliphatic carbocycles. The summed E-state index contributed by atoms with van der Waals surface area (Å²) in [4.78, 5) is 24.4. The van der Waals surface area contributed by atoms with Crippen LogP contribution in [0.4, 0.5) is 5.69 Å². The summed E-state index contributed by atoms with van der Waals surface area (Å²) in [6.45, 7) is 1.44. The minimum atomic E-state index is -0.426. The van der Waals surface area contributed by atoms with Crippen LogP contribution in [-0.4, -0.2) is 18.9 Å². The minimum absolute atomic E-state index is 0.0882. The standard InChI is InChI=1S/C24H22N2O4/c1-15(27)25-19(16-8-4-3-5-9-16)14-24(28)26-20-13-22-18(12-23(20)29-2)17-10-6-7-11-21(17)30-22/h3-13,19H,14H2,1-2H3,(H,25,27)(H,26,28). The zero-order valence-corrected chi connectivity index (χ0v) is 16.8. The van der Waals surface area contributed by atoms with Crippen molar-refractivity contribution < 1.29 is 18.7 Å². The van der Waals surface area contributed by atoms with Crippen molar-refractivity contribution in [2.75, 3.05) is 12.4 Å². The number of furan rings is 1. The highest BCUT2D eigenvalue weighted by molar-refractivity contribution is 6.07. The highest BCUT2D eigenvalue weighted by atomic mass is 16.5. The number of carbonyl (C=O) groups is 2. The predicted octanol–water partition coefficient (Wildman–Crippen LogP) is 4.80. The van der Waals surface area contributed by atoms with Crippen LogP contribution in [0, 0.1) is 0 Å². The Morgan fingerprint density at radius 2 is 1.70 bits per heavy atom. The average molecular weight is 402 g/mol. The second kappa shape index (κ2) is 8.29. The molecule has 6 heteroatoms. The first-order valence-corrected chi connectivity index (χ1v) is 9.66. The van der Waals surface area contributed by atoms with Gasteiger partial charge in [-0.1, -0.05) is 48.5 Å². The van der Waals surface area contributed by atoms with E-state index in [0.717, 1.165) is 21.9 Å². The van der Waals surface area contributed by atoms with Crippen molar-refractivity contribution >= 4 is 39.4 Å². The Bertz CT molecular complexity index is 1210. The highest BCUT2D eigenvalue weighted by Gasteiger charge is 2.19. The van der Waals surface area contributed by atoms with Crippen molar-refractivity contribution in [2.24, 2.45) is 0 Å². The van der Waals surface area contributed by atoms with Gasteiger partial charge in [-0.15, -0.1) is 0 Å². The number of benzene rings is 3. The number of para-hydroxylation sites is 1. The largest absolute Gasteiger partial charge is 0.495 e. The molecule has 0 aliphatic heterocycles. The van der Waals surface area contributed by atoms with Gasteiger partial charge in [-0.3, -0.25) is 9.59 Å². The van der Waals surface area contributed by atoms with Gasteiger partial charge >= 0.3 is 0 Å². The van der Waals surface area contributed by atoms with E-state index in [1.165, 1.54) is 6.92 Å². The SMILES string of the molecule is COc1cc2c(cc1NC(=O)CC(NC(C)=O)c1ccccc1)oc1ccccc12. The van der Waals surface area contributed by atoms with Crippen LogP contribution in [0.25, 0.3) is 21.9 Å². The molecule has 2 N–H and O–H groups in total. The molecule has 6 nitrogen and oxygen atoms in total. The number of ether oxygens (including phenoxy) is 1. The molecule has 0 aliphatic rings. The fraction of sp³-hybridized carbons (Fsp3) is 0.167. The number of carbonyl (C=O) groups excluding carboxylic acids is 2. The summed E-state index contributed by atoms with van der Waals surface area (Å²) in [5.41, 5.74) is 2.81. The third kappa shape index (κ3) is 3.98. The van der Waals surface area contributed by atoms with Gasteiger partial charge < -0.3 is 19.8 Å². The predicted molar refractivity (Wildman–Crippen MR) is 117 cm³/mol. The van der Waals surface area contributed by atoms with Gasteiger partial charge in [0.25, 0.3) is 0 Å². The molecule has 2 amide bonds. The number of hydrogen-bond donors (Lipinski definition) is 2. The van der Waals surface area contributed by atoms with Crippen LogP contribution in [0.5, 0.6) is 5.75 Å². The molecule has 0 radical (unpaired) electrons. The van der Waals surface area contributed by atoms with E-state index in [4.69, 9.17) is 9.15 Å². The van der Waals surface area contributed by atoms with Crippen LogP contribution < -0.4 is 15.4 Å². The molecule has 1 unspecified atom stereocenters. The van der Waals surface area contributed by atoms with E-state index < -0.39 is 6.04 Å². The number of hydrogen-bond acceptors (Lipinski definition) is 4. The second-order valence-corrected chi connectivity index (χ2v) is 7.06. The molecule has 0 fully saturated rings. The summed E-state index contributed by atoms with van der Waals surface area (Å²) in [6, 6.07) is 20.4. The smallest absolute Gasteiger partial charge is 0.226 e. The number of nitrogens with one attached hydrogen (secondary N) is 2. The van der Waals surface area contributed by atoms with Crippen molar-refractivity contribution in [1.82, 2.24) is 5.32 Å². The van der Waals surface area contributed by atoms with Crippen LogP contribution in [-0.2, 0) is 9.59 Å². The highest BCUT2D eigenvalue weighted by Crippen LogP contribution is 2.36. The summed E-state index contributed by atoms with van der Waals surface area (Å²) < 4.78 is 11.4. The lowest BCUT2D eigenvalue weighted by Crippen LogP contribution is -2.29. The summed E-state index contributed by atoms with van der Waals surface area (Å²) in [5.74, 6) is 0.0995. The normalized spacial score (nSPS) is 11.9. The van der Waals surface area contributed by atoms with Crippen LogP contribution in [0.15, 0.2) is 71.1 Å². The van der Waals surface area contributed by atoms with E-state index in [1.54, 1.807) is 13.2 Å². The van der Waals surface area contributed by atoms with Crippen molar-refractivity contribution in [2.45, 2.75) is 19.4 Å². The Morgan fingerprint density at radius 1 is 0.967 bits per heavy atom. The molecule has 0 saturated heterocycles. The lowest BCUT2D eigenvalue weighted by molar-refractivity contribution is -0.120. The Hall–Kier alpha value is -3.80. The van der Waals surface area contributed by atoms with Gasteiger partial charge in [0.15, 0.2) is 0 Å². The summed E-state index contributed by atoms with van der Waals surface area (Å²) >= 11 is 0. The monoisotopic (exact) mass is 402 g/mol. The van der Waals surface area contributed by atoms with E-state index in [9.17, 15) is 9.59 Å². The number of amides is 2. The Balaban J connectivity index is 1.61. The van der Waals surface area contributed by atoms with Crippen LogP contribution in [0.3, 0.4) is 0 Å². The Kier molecular flexibility index (Phi) is 5.39. The molecule has 1 heterocycles. The molecule has 0 saturated carbocycles. The number of anilines is 1. The topological polar surface area (TPSA) is 80.6 Å². The van der Waals surface area contributed by atoms with Crippen LogP contribution >= 0.6 is 0 Å². The van der Waals surface area contributed by atoms with Gasteiger partial charge in [-0.2, -0.15) is 0 Å². The fourth-order valence-corrected chi connectivity index (χ4v) is 3.59. The first-order chi connectivity index (χ1) is 14.5. The summed E-state index contributed by atoms with van der Waals surface area (Å²) in [6.07, 6.45) is 0.0882. The van der Waals surface area contributed by atoms with Gasteiger partial charge in [-0.05, 0) is 17.7 Å². The van der Waals surface area contributed by atoms with Gasteiger partial charge in [-0.25, -0.2) is 0 Å². The maximum Gasteiger partial charge on any atom is 0.226 e. The fourth-order valence-electron chi connectivity index (χ4n) is 3.59. The van der Waals surface area contributed by atoms with E-state index in [2.05, 4.69) is 10.6 Å². The third-order valence-corrected chi connectivity index (χ3v) is 4.94. The third-order valence-electron chi connectivity index (χ3n) is 4.94.